The van der Waals surface area contributed by atoms with Gasteiger partial charge in [-0.15, -0.1) is 0 Å². The second-order valence-corrected chi connectivity index (χ2v) is 4.92. The number of aromatic hydroxyl groups is 1. The van der Waals surface area contributed by atoms with E-state index < -0.39 is 0 Å². The van der Waals surface area contributed by atoms with Crippen molar-refractivity contribution in [2.45, 2.75) is 13.3 Å². The van der Waals surface area contributed by atoms with Crippen LogP contribution in [0.1, 0.15) is 11.1 Å². The highest BCUT2D eigenvalue weighted by Crippen LogP contribution is 2.27. The second-order valence-electron chi connectivity index (χ2n) is 4.92. The topological polar surface area (TPSA) is 67.8 Å². The van der Waals surface area contributed by atoms with Crippen LogP contribution in [0.4, 0.5) is 5.69 Å². The molecule has 2 aromatic rings. The minimum absolute atomic E-state index is 0.0423. The summed E-state index contributed by atoms with van der Waals surface area (Å²) in [6.45, 7) is 1.89. The Bertz CT molecular complexity index is 682. The van der Waals surface area contributed by atoms with Crippen molar-refractivity contribution in [2.75, 3.05) is 19.5 Å². The van der Waals surface area contributed by atoms with E-state index in [9.17, 15) is 9.90 Å². The number of hydrogen-bond acceptors (Lipinski definition) is 4. The number of anilines is 1. The first-order valence-electron chi connectivity index (χ1n) is 6.84. The van der Waals surface area contributed by atoms with Gasteiger partial charge < -0.3 is 19.9 Å². The molecule has 5 heteroatoms. The van der Waals surface area contributed by atoms with Gasteiger partial charge in [-0.3, -0.25) is 4.79 Å². The fraction of sp³-hybridized carbons (Fsp3) is 0.235. The molecule has 22 heavy (non-hydrogen) atoms. The maximum Gasteiger partial charge on any atom is 0.229 e. The number of benzene rings is 2. The molecule has 0 atom stereocenters. The van der Waals surface area contributed by atoms with Crippen LogP contribution >= 0.6 is 0 Å². The lowest BCUT2D eigenvalue weighted by atomic mass is 10.1. The van der Waals surface area contributed by atoms with Crippen molar-refractivity contribution in [3.8, 4) is 17.2 Å². The molecule has 1 amide bonds. The summed E-state index contributed by atoms with van der Waals surface area (Å²) in [6.07, 6.45) is 0.139. The zero-order valence-electron chi connectivity index (χ0n) is 12.8. The van der Waals surface area contributed by atoms with Crippen LogP contribution in [-0.2, 0) is 11.2 Å². The summed E-state index contributed by atoms with van der Waals surface area (Å²) in [7, 11) is 3.12. The highest BCUT2D eigenvalue weighted by Gasteiger charge is 2.12. The number of methoxy groups -OCH3 is 2. The number of aryl methyl sites for hydroxylation is 1. The molecule has 0 saturated heterocycles. The van der Waals surface area contributed by atoms with Crippen LogP contribution in [0.5, 0.6) is 17.2 Å². The van der Waals surface area contributed by atoms with Crippen molar-refractivity contribution in [3.63, 3.8) is 0 Å². The van der Waals surface area contributed by atoms with E-state index in [4.69, 9.17) is 9.47 Å². The van der Waals surface area contributed by atoms with E-state index in [-0.39, 0.29) is 18.1 Å². The zero-order chi connectivity index (χ0) is 16.1. The van der Waals surface area contributed by atoms with E-state index in [0.717, 1.165) is 11.1 Å². The standard InChI is InChI=1S/C17H19NO4/c1-11-4-7-15(19)14(8-11)18-17(20)9-12-5-6-13(21-2)10-16(12)22-3/h4-8,10,19H,9H2,1-3H3,(H,18,20). The molecule has 0 radical (unpaired) electrons. The number of carbonyl (C=O) groups is 1. The van der Waals surface area contributed by atoms with Gasteiger partial charge in [0.15, 0.2) is 0 Å². The van der Waals surface area contributed by atoms with Crippen LogP contribution in [-0.4, -0.2) is 25.2 Å². The summed E-state index contributed by atoms with van der Waals surface area (Å²) in [4.78, 5) is 12.2. The minimum Gasteiger partial charge on any atom is -0.506 e. The molecular weight excluding hydrogens is 282 g/mol. The SMILES string of the molecule is COc1ccc(CC(=O)Nc2cc(C)ccc2O)c(OC)c1. The lowest BCUT2D eigenvalue weighted by Crippen LogP contribution is -2.15. The van der Waals surface area contributed by atoms with E-state index in [1.165, 1.54) is 0 Å². The minimum atomic E-state index is -0.232. The maximum atomic E-state index is 12.2. The largest absolute Gasteiger partial charge is 0.506 e. The third-order valence-corrected chi connectivity index (χ3v) is 3.27. The average molecular weight is 301 g/mol. The quantitative estimate of drug-likeness (QED) is 0.833. The molecule has 2 N–H and O–H groups in total. The number of rotatable bonds is 5. The third kappa shape index (κ3) is 3.69. The van der Waals surface area contributed by atoms with Crippen LogP contribution in [0.2, 0.25) is 0 Å². The predicted molar refractivity (Wildman–Crippen MR) is 84.7 cm³/mol. The fourth-order valence-corrected chi connectivity index (χ4v) is 2.12. The molecule has 0 unspecified atom stereocenters. The number of amides is 1. The van der Waals surface area contributed by atoms with Gasteiger partial charge in [0.1, 0.15) is 17.2 Å². The molecule has 0 spiro atoms. The highest BCUT2D eigenvalue weighted by atomic mass is 16.5. The Balaban J connectivity index is 2.13. The number of phenols is 1. The van der Waals surface area contributed by atoms with Crippen molar-refractivity contribution < 1.29 is 19.4 Å². The summed E-state index contributed by atoms with van der Waals surface area (Å²) in [6, 6.07) is 10.3. The van der Waals surface area contributed by atoms with Crippen molar-refractivity contribution in [1.82, 2.24) is 0 Å². The van der Waals surface area contributed by atoms with Gasteiger partial charge in [-0.25, -0.2) is 0 Å². The Morgan fingerprint density at radius 1 is 1.14 bits per heavy atom. The van der Waals surface area contributed by atoms with Gasteiger partial charge in [0.2, 0.25) is 5.91 Å². The lowest BCUT2D eigenvalue weighted by molar-refractivity contribution is -0.115. The molecule has 0 aromatic heterocycles. The monoisotopic (exact) mass is 301 g/mol. The summed E-state index contributed by atoms with van der Waals surface area (Å²) in [5.74, 6) is 1.06. The molecular formula is C17H19NO4. The maximum absolute atomic E-state index is 12.2. The van der Waals surface area contributed by atoms with Crippen molar-refractivity contribution in [1.29, 1.82) is 0 Å². The van der Waals surface area contributed by atoms with Gasteiger partial charge in [0.05, 0.1) is 26.3 Å². The van der Waals surface area contributed by atoms with Crippen LogP contribution in [0.25, 0.3) is 0 Å². The molecule has 0 aliphatic heterocycles. The first-order chi connectivity index (χ1) is 10.5. The molecule has 0 aliphatic carbocycles. The van der Waals surface area contributed by atoms with E-state index >= 15 is 0 Å². The van der Waals surface area contributed by atoms with Gasteiger partial charge >= 0.3 is 0 Å². The Hall–Kier alpha value is -2.69. The van der Waals surface area contributed by atoms with Gasteiger partial charge in [0, 0.05) is 11.6 Å². The van der Waals surface area contributed by atoms with Gasteiger partial charge in [-0.05, 0) is 30.7 Å². The number of hydrogen-bond donors (Lipinski definition) is 2. The normalized spacial score (nSPS) is 10.1. The molecule has 0 fully saturated rings. The van der Waals surface area contributed by atoms with Crippen LogP contribution in [0.15, 0.2) is 36.4 Å². The van der Waals surface area contributed by atoms with Crippen LogP contribution in [0, 0.1) is 6.92 Å². The van der Waals surface area contributed by atoms with E-state index in [2.05, 4.69) is 5.32 Å². The summed E-state index contributed by atoms with van der Waals surface area (Å²) in [5.41, 5.74) is 2.10. The van der Waals surface area contributed by atoms with E-state index in [0.29, 0.717) is 17.2 Å². The molecule has 2 rings (SSSR count). The van der Waals surface area contributed by atoms with E-state index in [1.54, 1.807) is 50.6 Å². The Kier molecular flexibility index (Phi) is 4.88. The van der Waals surface area contributed by atoms with Gasteiger partial charge in [-0.1, -0.05) is 12.1 Å². The predicted octanol–water partition coefficient (Wildman–Crippen LogP) is 2.90. The average Bonchev–Trinajstić information content (AvgIpc) is 2.51. The third-order valence-electron chi connectivity index (χ3n) is 3.27. The van der Waals surface area contributed by atoms with Gasteiger partial charge in [0.25, 0.3) is 0 Å². The Morgan fingerprint density at radius 2 is 1.91 bits per heavy atom. The Labute approximate surface area is 129 Å². The number of carbonyl (C=O) groups excluding carboxylic acids is 1. The highest BCUT2D eigenvalue weighted by molar-refractivity contribution is 5.94. The summed E-state index contributed by atoms with van der Waals surface area (Å²) < 4.78 is 10.4. The number of ether oxygens (including phenoxy) is 2. The number of nitrogens with one attached hydrogen (secondary N) is 1. The van der Waals surface area contributed by atoms with Crippen LogP contribution < -0.4 is 14.8 Å². The van der Waals surface area contributed by atoms with Crippen LogP contribution in [0.3, 0.4) is 0 Å². The molecule has 0 aliphatic rings. The summed E-state index contributed by atoms with van der Waals surface area (Å²) >= 11 is 0. The molecule has 0 heterocycles. The van der Waals surface area contributed by atoms with E-state index in [1.807, 2.05) is 6.92 Å². The smallest absolute Gasteiger partial charge is 0.229 e. The molecule has 5 nitrogen and oxygen atoms in total. The fourth-order valence-electron chi connectivity index (χ4n) is 2.12. The van der Waals surface area contributed by atoms with Crippen molar-refractivity contribution >= 4 is 11.6 Å². The first-order valence-corrected chi connectivity index (χ1v) is 6.84. The molecule has 2 aromatic carbocycles. The van der Waals surface area contributed by atoms with Crippen molar-refractivity contribution in [2.24, 2.45) is 0 Å². The van der Waals surface area contributed by atoms with Gasteiger partial charge in [-0.2, -0.15) is 0 Å². The molecule has 0 saturated carbocycles. The number of phenolic OH excluding ortho intramolecular Hbond substituents is 1. The first kappa shape index (κ1) is 15.7. The molecule has 0 bridgehead atoms. The second kappa shape index (κ2) is 6.85. The Morgan fingerprint density at radius 3 is 2.59 bits per heavy atom. The zero-order valence-corrected chi connectivity index (χ0v) is 12.8. The van der Waals surface area contributed by atoms with Crippen molar-refractivity contribution in [3.05, 3.63) is 47.5 Å². The molecule has 116 valence electrons. The summed E-state index contributed by atoms with van der Waals surface area (Å²) in [5, 5.41) is 12.5. The lowest BCUT2D eigenvalue weighted by Gasteiger charge is -2.11.